The van der Waals surface area contributed by atoms with Crippen molar-refractivity contribution in [1.29, 1.82) is 0 Å². The molecule has 2 heteroatoms. The van der Waals surface area contributed by atoms with Crippen molar-refractivity contribution in [3.05, 3.63) is 72.2 Å². The summed E-state index contributed by atoms with van der Waals surface area (Å²) in [4.78, 5) is 0. The van der Waals surface area contributed by atoms with Crippen molar-refractivity contribution in [2.75, 3.05) is 0 Å². The molecule has 0 bridgehead atoms. The normalized spacial score (nSPS) is 24.0. The Kier molecular flexibility index (Phi) is 4.33. The van der Waals surface area contributed by atoms with Gasteiger partial charge < -0.3 is 9.47 Å². The molecule has 1 atom stereocenters. The molecule has 0 amide bonds. The van der Waals surface area contributed by atoms with Crippen LogP contribution in [0.2, 0.25) is 0 Å². The summed E-state index contributed by atoms with van der Waals surface area (Å²) in [6.45, 7) is 11.8. The number of rotatable bonds is 5. The topological polar surface area (TPSA) is 18.5 Å². The minimum absolute atomic E-state index is 0.609. The van der Waals surface area contributed by atoms with Crippen LogP contribution in [0.4, 0.5) is 0 Å². The Morgan fingerprint density at radius 3 is 2.55 bits per heavy atom. The van der Waals surface area contributed by atoms with Gasteiger partial charge in [0.1, 0.15) is 0 Å². The Morgan fingerprint density at radius 2 is 1.95 bits per heavy atom. The molecule has 0 aromatic heterocycles. The van der Waals surface area contributed by atoms with E-state index in [1.165, 1.54) is 5.56 Å². The summed E-state index contributed by atoms with van der Waals surface area (Å²) in [6, 6.07) is 10.3. The maximum Gasteiger partial charge on any atom is 0.249 e. The zero-order valence-corrected chi connectivity index (χ0v) is 12.3. The Hall–Kier alpha value is -1.96. The second kappa shape index (κ2) is 6.00. The summed E-state index contributed by atoms with van der Waals surface area (Å²) in [5.74, 6) is 0.724. The van der Waals surface area contributed by atoms with Crippen molar-refractivity contribution in [2.24, 2.45) is 0 Å². The maximum absolute atomic E-state index is 6.01. The second-order valence-corrected chi connectivity index (χ2v) is 5.16. The molecular weight excluding hydrogens is 248 g/mol. The van der Waals surface area contributed by atoms with E-state index in [9.17, 15) is 0 Å². The van der Waals surface area contributed by atoms with E-state index in [4.69, 9.17) is 9.47 Å². The van der Waals surface area contributed by atoms with Gasteiger partial charge >= 0.3 is 0 Å². The highest BCUT2D eigenvalue weighted by molar-refractivity contribution is 5.33. The quantitative estimate of drug-likeness (QED) is 0.769. The van der Waals surface area contributed by atoms with E-state index in [2.05, 4.69) is 32.2 Å². The van der Waals surface area contributed by atoms with Crippen LogP contribution in [0.25, 0.3) is 0 Å². The Morgan fingerprint density at radius 1 is 1.25 bits per heavy atom. The number of aryl methyl sites for hydroxylation is 1. The van der Waals surface area contributed by atoms with E-state index in [0.717, 1.165) is 30.6 Å². The van der Waals surface area contributed by atoms with Crippen LogP contribution in [0.3, 0.4) is 0 Å². The fourth-order valence-corrected chi connectivity index (χ4v) is 2.36. The first-order chi connectivity index (χ1) is 9.58. The van der Waals surface area contributed by atoms with E-state index >= 15 is 0 Å². The first kappa shape index (κ1) is 14.4. The van der Waals surface area contributed by atoms with E-state index < -0.39 is 5.79 Å². The van der Waals surface area contributed by atoms with Crippen LogP contribution < -0.4 is 0 Å². The number of hydrogen-bond donors (Lipinski definition) is 0. The van der Waals surface area contributed by atoms with Crippen LogP contribution in [0.1, 0.15) is 32.3 Å². The second-order valence-electron chi connectivity index (χ2n) is 5.16. The fraction of sp³-hybridized carbons (Fsp3) is 0.333. The minimum Gasteiger partial charge on any atom is -0.449 e. The van der Waals surface area contributed by atoms with E-state index in [-0.39, 0.29) is 0 Å². The lowest BCUT2D eigenvalue weighted by molar-refractivity contribution is -0.126. The van der Waals surface area contributed by atoms with Crippen LogP contribution in [0.5, 0.6) is 0 Å². The number of ether oxygens (including phenoxy) is 2. The molecule has 1 saturated heterocycles. The van der Waals surface area contributed by atoms with Gasteiger partial charge in [-0.2, -0.15) is 0 Å². The lowest BCUT2D eigenvalue weighted by Crippen LogP contribution is -2.25. The molecule has 2 rings (SSSR count). The third-order valence-electron chi connectivity index (χ3n) is 3.54. The van der Waals surface area contributed by atoms with Crippen LogP contribution in [-0.2, 0) is 15.9 Å². The molecule has 1 aromatic rings. The van der Waals surface area contributed by atoms with Crippen LogP contribution in [-0.4, -0.2) is 5.79 Å². The molecule has 20 heavy (non-hydrogen) atoms. The van der Waals surface area contributed by atoms with Crippen LogP contribution >= 0.6 is 0 Å². The van der Waals surface area contributed by atoms with E-state index in [1.807, 2.05) is 31.2 Å². The van der Waals surface area contributed by atoms with Crippen molar-refractivity contribution in [1.82, 2.24) is 0 Å². The van der Waals surface area contributed by atoms with Gasteiger partial charge in [-0.3, -0.25) is 0 Å². The molecule has 0 aliphatic carbocycles. The summed E-state index contributed by atoms with van der Waals surface area (Å²) in [6.07, 6.45) is 4.36. The summed E-state index contributed by atoms with van der Waals surface area (Å²) < 4.78 is 11.9. The van der Waals surface area contributed by atoms with Gasteiger partial charge in [-0.15, -0.1) is 0 Å². The summed E-state index contributed by atoms with van der Waals surface area (Å²) in [5, 5.41) is 0. The summed E-state index contributed by atoms with van der Waals surface area (Å²) in [5.41, 5.74) is 2.32. The fourth-order valence-electron chi connectivity index (χ4n) is 2.36. The van der Waals surface area contributed by atoms with Crippen molar-refractivity contribution >= 4 is 0 Å². The monoisotopic (exact) mass is 270 g/mol. The van der Waals surface area contributed by atoms with Gasteiger partial charge in [-0.1, -0.05) is 56.5 Å². The maximum atomic E-state index is 6.01. The standard InChI is InChI=1S/C18H22O2/c1-5-16(6-2)17-14(3)19-18(4,20-17)13-12-15-10-8-7-9-11-15/h5,7-11H,1,3,6,12-13H2,2,4H3/b17-16-. The van der Waals surface area contributed by atoms with Crippen molar-refractivity contribution in [3.8, 4) is 0 Å². The third kappa shape index (κ3) is 3.13. The largest absolute Gasteiger partial charge is 0.449 e. The highest BCUT2D eigenvalue weighted by atomic mass is 16.7. The highest BCUT2D eigenvalue weighted by Crippen LogP contribution is 2.38. The van der Waals surface area contributed by atoms with Crippen LogP contribution in [0.15, 0.2) is 66.7 Å². The summed E-state index contributed by atoms with van der Waals surface area (Å²) in [7, 11) is 0. The van der Waals surface area contributed by atoms with Gasteiger partial charge in [0.05, 0.1) is 0 Å². The predicted molar refractivity (Wildman–Crippen MR) is 82.0 cm³/mol. The first-order valence-corrected chi connectivity index (χ1v) is 7.05. The predicted octanol–water partition coefficient (Wildman–Crippen LogP) is 4.75. The smallest absolute Gasteiger partial charge is 0.249 e. The van der Waals surface area contributed by atoms with Crippen molar-refractivity contribution in [2.45, 2.75) is 38.9 Å². The average Bonchev–Trinajstić information content (AvgIpc) is 2.75. The van der Waals surface area contributed by atoms with Crippen molar-refractivity contribution < 1.29 is 9.47 Å². The lowest BCUT2D eigenvalue weighted by atomic mass is 10.1. The minimum atomic E-state index is -0.633. The van der Waals surface area contributed by atoms with Gasteiger partial charge in [-0.05, 0) is 24.0 Å². The first-order valence-electron chi connectivity index (χ1n) is 7.05. The Balaban J connectivity index is 2.08. The molecule has 1 aromatic carbocycles. The summed E-state index contributed by atoms with van der Waals surface area (Å²) >= 11 is 0. The molecule has 106 valence electrons. The Bertz CT molecular complexity index is 528. The number of hydrogen-bond acceptors (Lipinski definition) is 2. The molecule has 1 aliphatic heterocycles. The molecule has 1 fully saturated rings. The number of allylic oxidation sites excluding steroid dienone is 2. The highest BCUT2D eigenvalue weighted by Gasteiger charge is 2.38. The van der Waals surface area contributed by atoms with Crippen LogP contribution in [0, 0.1) is 0 Å². The Labute approximate surface area is 121 Å². The molecule has 1 heterocycles. The molecule has 1 aliphatic rings. The molecule has 0 spiro atoms. The van der Waals surface area contributed by atoms with Gasteiger partial charge in [0, 0.05) is 13.3 Å². The third-order valence-corrected chi connectivity index (χ3v) is 3.54. The van der Waals surface area contributed by atoms with Gasteiger partial charge in [0.15, 0.2) is 11.5 Å². The molecule has 0 N–H and O–H groups in total. The average molecular weight is 270 g/mol. The zero-order valence-electron chi connectivity index (χ0n) is 12.3. The van der Waals surface area contributed by atoms with Crippen molar-refractivity contribution in [3.63, 3.8) is 0 Å². The molecule has 0 saturated carbocycles. The van der Waals surface area contributed by atoms with Gasteiger partial charge in [-0.25, -0.2) is 0 Å². The van der Waals surface area contributed by atoms with Gasteiger partial charge in [0.2, 0.25) is 5.79 Å². The van der Waals surface area contributed by atoms with E-state index in [1.54, 1.807) is 0 Å². The lowest BCUT2D eigenvalue weighted by Gasteiger charge is -2.22. The zero-order chi connectivity index (χ0) is 14.6. The van der Waals surface area contributed by atoms with Gasteiger partial charge in [0.25, 0.3) is 0 Å². The molecule has 0 radical (unpaired) electrons. The SMILES string of the molecule is C=C/C(CC)=C1/OC(C)(CCc2ccccc2)OC1=C. The molecular formula is C18H22O2. The molecule has 1 unspecified atom stereocenters. The van der Waals surface area contributed by atoms with E-state index in [0.29, 0.717) is 5.76 Å². The molecule has 2 nitrogen and oxygen atoms in total. The number of benzene rings is 1.